The highest BCUT2D eigenvalue weighted by molar-refractivity contribution is 7.17. The second-order valence-electron chi connectivity index (χ2n) is 7.59. The van der Waals surface area contributed by atoms with Gasteiger partial charge >= 0.3 is 0 Å². The van der Waals surface area contributed by atoms with E-state index < -0.39 is 0 Å². The molecule has 2 aromatic heterocycles. The van der Waals surface area contributed by atoms with Crippen molar-refractivity contribution in [1.29, 1.82) is 0 Å². The van der Waals surface area contributed by atoms with Gasteiger partial charge in [0.25, 0.3) is 5.91 Å². The fourth-order valence-corrected chi connectivity index (χ4v) is 4.67. The molecule has 12 heteroatoms. The van der Waals surface area contributed by atoms with Gasteiger partial charge in [-0.05, 0) is 31.5 Å². The van der Waals surface area contributed by atoms with Crippen LogP contribution < -0.4 is 5.32 Å². The highest BCUT2D eigenvalue weighted by atomic mass is 35.5. The van der Waals surface area contributed by atoms with Crippen molar-refractivity contribution >= 4 is 51.5 Å². The number of nitrogens with one attached hydrogen (secondary N) is 1. The van der Waals surface area contributed by atoms with E-state index in [1.807, 2.05) is 13.0 Å². The number of ether oxygens (including phenoxy) is 1. The van der Waals surface area contributed by atoms with Crippen LogP contribution in [0.1, 0.15) is 32.3 Å². The van der Waals surface area contributed by atoms with Crippen LogP contribution in [0.15, 0.2) is 18.2 Å². The first-order chi connectivity index (χ1) is 15.8. The minimum absolute atomic E-state index is 0.0403. The van der Waals surface area contributed by atoms with E-state index in [0.29, 0.717) is 64.3 Å². The van der Waals surface area contributed by atoms with Crippen LogP contribution >= 0.6 is 34.5 Å². The van der Waals surface area contributed by atoms with Gasteiger partial charge in [0.05, 0.1) is 53.3 Å². The molecule has 0 unspecified atom stereocenters. The molecule has 0 aliphatic carbocycles. The Kier molecular flexibility index (Phi) is 7.28. The van der Waals surface area contributed by atoms with Crippen molar-refractivity contribution < 1.29 is 14.3 Å². The van der Waals surface area contributed by atoms with Crippen molar-refractivity contribution in [2.24, 2.45) is 0 Å². The normalized spacial score (nSPS) is 13.9. The molecule has 174 valence electrons. The fourth-order valence-electron chi connectivity index (χ4n) is 3.39. The number of halogens is 2. The molecule has 1 fully saturated rings. The lowest BCUT2D eigenvalue weighted by atomic mass is 10.2. The Morgan fingerprint density at radius 3 is 2.67 bits per heavy atom. The van der Waals surface area contributed by atoms with Gasteiger partial charge in [0.2, 0.25) is 5.91 Å². The van der Waals surface area contributed by atoms with Gasteiger partial charge < -0.3 is 15.0 Å². The van der Waals surface area contributed by atoms with Crippen molar-refractivity contribution in [3.63, 3.8) is 0 Å². The highest BCUT2D eigenvalue weighted by Gasteiger charge is 2.24. The van der Waals surface area contributed by atoms with Crippen LogP contribution in [-0.2, 0) is 22.5 Å². The predicted molar refractivity (Wildman–Crippen MR) is 126 cm³/mol. The molecule has 3 aromatic rings. The van der Waals surface area contributed by atoms with Gasteiger partial charge in [-0.2, -0.15) is 0 Å². The first-order valence-electron chi connectivity index (χ1n) is 10.3. The number of benzene rings is 1. The lowest BCUT2D eigenvalue weighted by molar-refractivity contribution is -0.115. The Labute approximate surface area is 204 Å². The summed E-state index contributed by atoms with van der Waals surface area (Å²) in [5.41, 5.74) is 2.85. The Morgan fingerprint density at radius 2 is 1.94 bits per heavy atom. The van der Waals surface area contributed by atoms with E-state index in [9.17, 15) is 9.59 Å². The number of hydrogen-bond acceptors (Lipinski definition) is 7. The maximum Gasteiger partial charge on any atom is 0.266 e. The SMILES string of the molecule is Cc1nc(NC(=O)Cc2nnn(Cc3ccc(Cl)c(Cl)c3)c2C)sc1C(=O)N1CCOCC1. The van der Waals surface area contributed by atoms with Crippen LogP contribution in [-0.4, -0.2) is 63.0 Å². The summed E-state index contributed by atoms with van der Waals surface area (Å²) in [4.78, 5) is 32.0. The van der Waals surface area contributed by atoms with Crippen LogP contribution in [0, 0.1) is 13.8 Å². The zero-order chi connectivity index (χ0) is 23.5. The van der Waals surface area contributed by atoms with E-state index in [2.05, 4.69) is 20.6 Å². The van der Waals surface area contributed by atoms with E-state index in [4.69, 9.17) is 27.9 Å². The molecule has 2 amide bonds. The molecule has 33 heavy (non-hydrogen) atoms. The number of rotatable bonds is 6. The van der Waals surface area contributed by atoms with Crippen LogP contribution in [0.3, 0.4) is 0 Å². The first kappa shape index (κ1) is 23.6. The molecular weight excluding hydrogens is 487 g/mol. The predicted octanol–water partition coefficient (Wildman–Crippen LogP) is 3.36. The van der Waals surface area contributed by atoms with Gasteiger partial charge in [0.15, 0.2) is 5.13 Å². The fraction of sp³-hybridized carbons (Fsp3) is 0.381. The average molecular weight is 509 g/mol. The highest BCUT2D eigenvalue weighted by Crippen LogP contribution is 2.25. The molecular formula is C21H22Cl2N6O3S. The summed E-state index contributed by atoms with van der Waals surface area (Å²) in [6.45, 7) is 6.22. The molecule has 0 bridgehead atoms. The average Bonchev–Trinajstić information content (AvgIpc) is 3.33. The number of aryl methyl sites for hydroxylation is 1. The molecule has 1 N–H and O–H groups in total. The lowest BCUT2D eigenvalue weighted by Crippen LogP contribution is -2.40. The van der Waals surface area contributed by atoms with Gasteiger partial charge in [-0.3, -0.25) is 9.59 Å². The number of carbonyl (C=O) groups is 2. The molecule has 1 aliphatic rings. The first-order valence-corrected chi connectivity index (χ1v) is 11.9. The molecule has 1 aromatic carbocycles. The third kappa shape index (κ3) is 5.52. The zero-order valence-electron chi connectivity index (χ0n) is 18.1. The molecule has 1 saturated heterocycles. The maximum absolute atomic E-state index is 12.7. The standard InChI is InChI=1S/C21H22Cl2N6O3S/c1-12-19(20(31)28-5-7-32-8-6-28)33-21(24-12)25-18(30)10-17-13(2)29(27-26-17)11-14-3-4-15(22)16(23)9-14/h3-4,9H,5-8,10-11H2,1-2H3,(H,24,25,30). The van der Waals surface area contributed by atoms with Gasteiger partial charge in [-0.15, -0.1) is 5.10 Å². The van der Waals surface area contributed by atoms with E-state index in [0.717, 1.165) is 11.3 Å². The van der Waals surface area contributed by atoms with E-state index >= 15 is 0 Å². The van der Waals surface area contributed by atoms with Crippen LogP contribution in [0.2, 0.25) is 10.0 Å². The van der Waals surface area contributed by atoms with Gasteiger partial charge in [0.1, 0.15) is 4.88 Å². The van der Waals surface area contributed by atoms with Crippen LogP contribution in [0.4, 0.5) is 5.13 Å². The van der Waals surface area contributed by atoms with Crippen molar-refractivity contribution in [2.45, 2.75) is 26.8 Å². The third-order valence-corrected chi connectivity index (χ3v) is 7.06. The second-order valence-corrected chi connectivity index (χ2v) is 9.40. The summed E-state index contributed by atoms with van der Waals surface area (Å²) in [5.74, 6) is -0.367. The summed E-state index contributed by atoms with van der Waals surface area (Å²) >= 11 is 13.2. The molecule has 0 atom stereocenters. The minimum atomic E-state index is -0.279. The molecule has 1 aliphatic heterocycles. The van der Waals surface area contributed by atoms with Crippen molar-refractivity contribution in [1.82, 2.24) is 24.9 Å². The number of carbonyl (C=O) groups excluding carboxylic acids is 2. The number of morpholine rings is 1. The van der Waals surface area contributed by atoms with Gasteiger partial charge in [-0.25, -0.2) is 9.67 Å². The lowest BCUT2D eigenvalue weighted by Gasteiger charge is -2.26. The number of anilines is 1. The Balaban J connectivity index is 1.39. The quantitative estimate of drug-likeness (QED) is 0.547. The van der Waals surface area contributed by atoms with Gasteiger partial charge in [0, 0.05) is 13.1 Å². The zero-order valence-corrected chi connectivity index (χ0v) is 20.4. The summed E-state index contributed by atoms with van der Waals surface area (Å²) in [7, 11) is 0. The maximum atomic E-state index is 12.7. The number of hydrogen-bond donors (Lipinski definition) is 1. The molecule has 0 spiro atoms. The number of thiazole rings is 1. The smallest absolute Gasteiger partial charge is 0.266 e. The number of amides is 2. The molecule has 0 saturated carbocycles. The summed E-state index contributed by atoms with van der Waals surface area (Å²) in [6.07, 6.45) is 0.0403. The van der Waals surface area contributed by atoms with Crippen LogP contribution in [0.5, 0.6) is 0 Å². The van der Waals surface area contributed by atoms with Crippen molar-refractivity contribution in [3.05, 3.63) is 55.8 Å². The van der Waals surface area contributed by atoms with Crippen molar-refractivity contribution in [2.75, 3.05) is 31.6 Å². The minimum Gasteiger partial charge on any atom is -0.378 e. The Hall–Kier alpha value is -2.53. The molecule has 9 nitrogen and oxygen atoms in total. The van der Waals surface area contributed by atoms with Crippen LogP contribution in [0.25, 0.3) is 0 Å². The summed E-state index contributed by atoms with van der Waals surface area (Å²) < 4.78 is 7.00. The van der Waals surface area contributed by atoms with Crippen molar-refractivity contribution in [3.8, 4) is 0 Å². The largest absolute Gasteiger partial charge is 0.378 e. The second kappa shape index (κ2) is 10.2. The van der Waals surface area contributed by atoms with E-state index in [1.54, 1.807) is 28.6 Å². The summed E-state index contributed by atoms with van der Waals surface area (Å²) in [6, 6.07) is 5.37. The molecule has 3 heterocycles. The number of aromatic nitrogens is 4. The Bertz CT molecular complexity index is 1190. The topological polar surface area (TPSA) is 102 Å². The molecule has 0 radical (unpaired) electrons. The monoisotopic (exact) mass is 508 g/mol. The number of nitrogens with zero attached hydrogens (tertiary/aromatic N) is 5. The summed E-state index contributed by atoms with van der Waals surface area (Å²) in [5, 5.41) is 12.4. The van der Waals surface area contributed by atoms with E-state index in [-0.39, 0.29) is 18.2 Å². The van der Waals surface area contributed by atoms with Gasteiger partial charge in [-0.1, -0.05) is 45.8 Å². The molecule has 4 rings (SSSR count). The Morgan fingerprint density at radius 1 is 1.18 bits per heavy atom. The third-order valence-electron chi connectivity index (χ3n) is 5.26. The van der Waals surface area contributed by atoms with E-state index in [1.165, 1.54) is 11.3 Å².